The molecule has 1 atom stereocenters. The van der Waals surface area contributed by atoms with Crippen LogP contribution in [-0.4, -0.2) is 5.91 Å². The van der Waals surface area contributed by atoms with Gasteiger partial charge in [0.1, 0.15) is 0 Å². The van der Waals surface area contributed by atoms with Gasteiger partial charge in [0.15, 0.2) is 0 Å². The first-order valence-electron chi connectivity index (χ1n) is 6.83. The molecule has 2 aromatic rings. The minimum absolute atomic E-state index is 0.0372. The molecule has 0 radical (unpaired) electrons. The zero-order chi connectivity index (χ0) is 15.4. The van der Waals surface area contributed by atoms with E-state index in [4.69, 9.17) is 23.2 Å². The first kappa shape index (κ1) is 15.9. The minimum Gasteiger partial charge on any atom is -0.345 e. The number of nitrogens with one attached hydrogen (secondary N) is 1. The fourth-order valence-electron chi connectivity index (χ4n) is 2.13. The molecule has 4 heteroatoms. The van der Waals surface area contributed by atoms with E-state index in [9.17, 15) is 4.79 Å². The number of carbonyl (C=O) groups is 1. The Hall–Kier alpha value is -1.51. The van der Waals surface area contributed by atoms with E-state index in [1.165, 1.54) is 5.56 Å². The van der Waals surface area contributed by atoms with Gasteiger partial charge in [-0.1, -0.05) is 60.0 Å². The highest BCUT2D eigenvalue weighted by Gasteiger charge is 2.16. The molecule has 1 amide bonds. The van der Waals surface area contributed by atoms with E-state index in [-0.39, 0.29) is 11.9 Å². The van der Waals surface area contributed by atoms with E-state index in [0.717, 1.165) is 12.0 Å². The van der Waals surface area contributed by atoms with Crippen LogP contribution >= 0.6 is 23.2 Å². The number of amides is 1. The van der Waals surface area contributed by atoms with Crippen molar-refractivity contribution in [3.8, 4) is 0 Å². The monoisotopic (exact) mass is 321 g/mol. The first-order valence-corrected chi connectivity index (χ1v) is 7.59. The Balaban J connectivity index is 2.18. The molecule has 0 spiro atoms. The molecule has 2 nitrogen and oxygen atoms in total. The van der Waals surface area contributed by atoms with Gasteiger partial charge in [-0.3, -0.25) is 4.79 Å². The molecule has 0 fully saturated rings. The zero-order valence-electron chi connectivity index (χ0n) is 12.0. The number of aryl methyl sites for hydroxylation is 1. The number of hydrogen-bond donors (Lipinski definition) is 1. The van der Waals surface area contributed by atoms with Crippen LogP contribution in [0.3, 0.4) is 0 Å². The topological polar surface area (TPSA) is 29.1 Å². The van der Waals surface area contributed by atoms with E-state index in [2.05, 4.69) is 5.32 Å². The highest BCUT2D eigenvalue weighted by molar-refractivity contribution is 6.36. The van der Waals surface area contributed by atoms with Gasteiger partial charge in [0.2, 0.25) is 0 Å². The molecule has 0 aliphatic heterocycles. The molecule has 0 heterocycles. The van der Waals surface area contributed by atoms with Crippen molar-refractivity contribution in [3.05, 3.63) is 69.2 Å². The van der Waals surface area contributed by atoms with Gasteiger partial charge >= 0.3 is 0 Å². The van der Waals surface area contributed by atoms with Gasteiger partial charge in [0.25, 0.3) is 5.91 Å². The predicted octanol–water partition coefficient (Wildman–Crippen LogP) is 5.18. The van der Waals surface area contributed by atoms with Crippen LogP contribution < -0.4 is 5.32 Å². The lowest BCUT2D eigenvalue weighted by Gasteiger charge is -2.18. The van der Waals surface area contributed by atoms with E-state index >= 15 is 0 Å². The van der Waals surface area contributed by atoms with Crippen LogP contribution in [-0.2, 0) is 0 Å². The summed E-state index contributed by atoms with van der Waals surface area (Å²) in [6.45, 7) is 4.07. The molecule has 0 aliphatic carbocycles. The fraction of sp³-hybridized carbons (Fsp3) is 0.235. The van der Waals surface area contributed by atoms with E-state index in [1.54, 1.807) is 18.2 Å². The molecular weight excluding hydrogens is 305 g/mol. The lowest BCUT2D eigenvalue weighted by molar-refractivity contribution is 0.0935. The summed E-state index contributed by atoms with van der Waals surface area (Å²) in [5, 5.41) is 3.89. The average Bonchev–Trinajstić information content (AvgIpc) is 2.45. The average molecular weight is 322 g/mol. The number of rotatable bonds is 4. The van der Waals surface area contributed by atoms with Crippen LogP contribution in [0.2, 0.25) is 10.0 Å². The van der Waals surface area contributed by atoms with Crippen molar-refractivity contribution in [2.75, 3.05) is 0 Å². The summed E-state index contributed by atoms with van der Waals surface area (Å²) >= 11 is 11.9. The Kier molecular flexibility index (Phi) is 5.27. The maximum atomic E-state index is 12.3. The number of halogens is 2. The lowest BCUT2D eigenvalue weighted by atomic mass is 10.0. The van der Waals surface area contributed by atoms with Crippen LogP contribution in [0.4, 0.5) is 0 Å². The molecule has 0 saturated heterocycles. The Labute approximate surface area is 135 Å². The Morgan fingerprint density at radius 1 is 1.14 bits per heavy atom. The van der Waals surface area contributed by atoms with Crippen LogP contribution in [0.15, 0.2) is 42.5 Å². The number of benzene rings is 2. The van der Waals surface area contributed by atoms with Crippen molar-refractivity contribution in [3.63, 3.8) is 0 Å². The van der Waals surface area contributed by atoms with E-state index in [1.807, 2.05) is 38.1 Å². The second-order valence-corrected chi connectivity index (χ2v) is 5.81. The second kappa shape index (κ2) is 6.97. The standard InChI is InChI=1S/C17H17Cl2NO/c1-3-16(12-6-4-11(2)5-7-12)20-17(21)14-9-8-13(18)10-15(14)19/h4-10,16H,3H2,1-2H3,(H,20,21). The number of hydrogen-bond acceptors (Lipinski definition) is 1. The normalized spacial score (nSPS) is 12.0. The quantitative estimate of drug-likeness (QED) is 0.825. The summed E-state index contributed by atoms with van der Waals surface area (Å²) in [5.41, 5.74) is 2.72. The molecule has 21 heavy (non-hydrogen) atoms. The van der Waals surface area contributed by atoms with Gasteiger partial charge in [-0.2, -0.15) is 0 Å². The third kappa shape index (κ3) is 3.99. The molecule has 0 aromatic heterocycles. The van der Waals surface area contributed by atoms with Crippen molar-refractivity contribution >= 4 is 29.1 Å². The van der Waals surface area contributed by atoms with Crippen LogP contribution in [0.25, 0.3) is 0 Å². The van der Waals surface area contributed by atoms with Gasteiger partial charge in [-0.15, -0.1) is 0 Å². The SMILES string of the molecule is CCC(NC(=O)c1ccc(Cl)cc1Cl)c1ccc(C)cc1. The van der Waals surface area contributed by atoms with Gasteiger partial charge < -0.3 is 5.32 Å². The molecule has 1 unspecified atom stereocenters. The van der Waals surface area contributed by atoms with Crippen molar-refractivity contribution in [2.45, 2.75) is 26.3 Å². The van der Waals surface area contributed by atoms with Crippen molar-refractivity contribution in [2.24, 2.45) is 0 Å². The van der Waals surface area contributed by atoms with E-state index < -0.39 is 0 Å². The smallest absolute Gasteiger partial charge is 0.253 e. The third-order valence-corrected chi connectivity index (χ3v) is 3.92. The molecule has 1 N–H and O–H groups in total. The number of carbonyl (C=O) groups excluding carboxylic acids is 1. The summed E-state index contributed by atoms with van der Waals surface area (Å²) in [5.74, 6) is -0.191. The summed E-state index contributed by atoms with van der Waals surface area (Å²) in [7, 11) is 0. The van der Waals surface area contributed by atoms with Gasteiger partial charge in [-0.05, 0) is 37.1 Å². The lowest BCUT2D eigenvalue weighted by Crippen LogP contribution is -2.28. The fourth-order valence-corrected chi connectivity index (χ4v) is 2.62. The first-order chi connectivity index (χ1) is 10.0. The van der Waals surface area contributed by atoms with Gasteiger partial charge in [0, 0.05) is 5.02 Å². The predicted molar refractivity (Wildman–Crippen MR) is 88.1 cm³/mol. The zero-order valence-corrected chi connectivity index (χ0v) is 13.5. The summed E-state index contributed by atoms with van der Waals surface area (Å²) in [4.78, 5) is 12.3. The van der Waals surface area contributed by atoms with Crippen molar-refractivity contribution in [1.29, 1.82) is 0 Å². The van der Waals surface area contributed by atoms with Crippen LogP contribution in [0.1, 0.15) is 40.9 Å². The molecule has 110 valence electrons. The molecule has 2 aromatic carbocycles. The Morgan fingerprint density at radius 3 is 2.38 bits per heavy atom. The van der Waals surface area contributed by atoms with Crippen LogP contribution in [0.5, 0.6) is 0 Å². The summed E-state index contributed by atoms with van der Waals surface area (Å²) in [6, 6.07) is 13.0. The molecular formula is C17H17Cl2NO. The maximum absolute atomic E-state index is 12.3. The summed E-state index contributed by atoms with van der Waals surface area (Å²) in [6.07, 6.45) is 0.806. The highest BCUT2D eigenvalue weighted by atomic mass is 35.5. The highest BCUT2D eigenvalue weighted by Crippen LogP contribution is 2.23. The second-order valence-electron chi connectivity index (χ2n) is 4.97. The van der Waals surface area contributed by atoms with E-state index in [0.29, 0.717) is 15.6 Å². The van der Waals surface area contributed by atoms with Gasteiger partial charge in [0.05, 0.1) is 16.6 Å². The minimum atomic E-state index is -0.191. The maximum Gasteiger partial charge on any atom is 0.253 e. The van der Waals surface area contributed by atoms with Crippen LogP contribution in [0, 0.1) is 6.92 Å². The Morgan fingerprint density at radius 2 is 1.81 bits per heavy atom. The molecule has 0 saturated carbocycles. The van der Waals surface area contributed by atoms with Gasteiger partial charge in [-0.25, -0.2) is 0 Å². The third-order valence-electron chi connectivity index (χ3n) is 3.37. The van der Waals surface area contributed by atoms with Crippen molar-refractivity contribution in [1.82, 2.24) is 5.32 Å². The largest absolute Gasteiger partial charge is 0.345 e. The molecule has 2 rings (SSSR count). The van der Waals surface area contributed by atoms with Crippen molar-refractivity contribution < 1.29 is 4.79 Å². The molecule has 0 aliphatic rings. The summed E-state index contributed by atoms with van der Waals surface area (Å²) < 4.78 is 0. The Bertz CT molecular complexity index is 638. The molecule has 0 bridgehead atoms.